The quantitative estimate of drug-likeness (QED) is 0.500. The van der Waals surface area contributed by atoms with Crippen molar-refractivity contribution in [2.24, 2.45) is 0 Å². The number of quaternary nitrogens is 1. The van der Waals surface area contributed by atoms with E-state index >= 15 is 0 Å². The highest BCUT2D eigenvalue weighted by molar-refractivity contribution is 6.01. The van der Waals surface area contributed by atoms with Gasteiger partial charge in [0, 0.05) is 0 Å². The SMILES string of the molecule is CCCCCCC[N+](C)(C(=O)c1ccccc1)c1ccccc1.[Br-]. The molecule has 0 aliphatic heterocycles. The molecular weight excluding hydrogens is 362 g/mol. The van der Waals surface area contributed by atoms with Gasteiger partial charge in [-0.05, 0) is 37.1 Å². The lowest BCUT2D eigenvalue weighted by Crippen LogP contribution is -3.00. The van der Waals surface area contributed by atoms with Gasteiger partial charge in [0.05, 0.1) is 19.2 Å². The van der Waals surface area contributed by atoms with E-state index in [1.54, 1.807) is 0 Å². The minimum absolute atomic E-state index is 0. The van der Waals surface area contributed by atoms with E-state index in [0.29, 0.717) is 4.48 Å². The van der Waals surface area contributed by atoms with Crippen LogP contribution in [-0.4, -0.2) is 19.5 Å². The topological polar surface area (TPSA) is 17.1 Å². The molecule has 0 saturated carbocycles. The summed E-state index contributed by atoms with van der Waals surface area (Å²) in [5.41, 5.74) is 1.85. The van der Waals surface area contributed by atoms with Crippen LogP contribution in [0.1, 0.15) is 49.4 Å². The maximum absolute atomic E-state index is 13.2. The van der Waals surface area contributed by atoms with Crippen molar-refractivity contribution in [2.75, 3.05) is 13.6 Å². The van der Waals surface area contributed by atoms with E-state index in [4.69, 9.17) is 0 Å². The van der Waals surface area contributed by atoms with Crippen LogP contribution in [0.3, 0.4) is 0 Å². The second-order valence-electron chi connectivity index (χ2n) is 6.34. The third kappa shape index (κ3) is 5.29. The van der Waals surface area contributed by atoms with Crippen LogP contribution in [0, 0.1) is 0 Å². The predicted molar refractivity (Wildman–Crippen MR) is 98.6 cm³/mol. The summed E-state index contributed by atoms with van der Waals surface area (Å²) in [6.07, 6.45) is 6.04. The van der Waals surface area contributed by atoms with Crippen LogP contribution in [0.4, 0.5) is 5.69 Å². The number of carbonyl (C=O) groups is 1. The van der Waals surface area contributed by atoms with Crippen LogP contribution in [0.2, 0.25) is 0 Å². The monoisotopic (exact) mass is 389 g/mol. The summed E-state index contributed by atoms with van der Waals surface area (Å²) in [6.45, 7) is 3.07. The van der Waals surface area contributed by atoms with Crippen molar-refractivity contribution in [1.82, 2.24) is 4.48 Å². The lowest BCUT2D eigenvalue weighted by atomic mass is 10.1. The van der Waals surface area contributed by atoms with Gasteiger partial charge < -0.3 is 17.0 Å². The zero-order valence-electron chi connectivity index (χ0n) is 14.7. The Bertz CT molecular complexity index is 600. The molecular formula is C21H28BrNO. The van der Waals surface area contributed by atoms with E-state index in [1.807, 2.05) is 55.6 Å². The summed E-state index contributed by atoms with van der Waals surface area (Å²) < 4.78 is 0.344. The summed E-state index contributed by atoms with van der Waals surface area (Å²) in [5.74, 6) is 0.173. The van der Waals surface area contributed by atoms with Crippen molar-refractivity contribution in [3.63, 3.8) is 0 Å². The smallest absolute Gasteiger partial charge is 0.350 e. The minimum Gasteiger partial charge on any atom is -1.00 e. The normalized spacial score (nSPS) is 12.9. The Morgan fingerprint density at radius 3 is 1.96 bits per heavy atom. The molecule has 2 nitrogen and oxygen atoms in total. The standard InChI is InChI=1S/C21H28NO.BrH/c1-3-4-5-6-13-18-22(2,20-16-11-8-12-17-20)21(23)19-14-9-7-10-15-19;/h7-12,14-17H,3-6,13,18H2,1-2H3;1H/q+1;/p-1. The predicted octanol–water partition coefficient (Wildman–Crippen LogP) is 2.44. The van der Waals surface area contributed by atoms with Crippen LogP contribution < -0.4 is 21.5 Å². The van der Waals surface area contributed by atoms with E-state index in [-0.39, 0.29) is 22.9 Å². The van der Waals surface area contributed by atoms with Crippen molar-refractivity contribution in [2.45, 2.75) is 39.0 Å². The van der Waals surface area contributed by atoms with Gasteiger partial charge in [0.15, 0.2) is 0 Å². The van der Waals surface area contributed by atoms with E-state index in [0.717, 1.165) is 24.2 Å². The fourth-order valence-corrected chi connectivity index (χ4v) is 3.00. The molecule has 0 bridgehead atoms. The third-order valence-electron chi connectivity index (χ3n) is 4.50. The summed E-state index contributed by atoms with van der Waals surface area (Å²) in [7, 11) is 2.05. The molecule has 0 fully saturated rings. The van der Waals surface area contributed by atoms with Crippen molar-refractivity contribution < 1.29 is 21.8 Å². The highest BCUT2D eigenvalue weighted by atomic mass is 79.9. The average molecular weight is 390 g/mol. The first-order valence-corrected chi connectivity index (χ1v) is 8.69. The molecule has 0 heterocycles. The van der Waals surface area contributed by atoms with Crippen LogP contribution >= 0.6 is 0 Å². The van der Waals surface area contributed by atoms with Gasteiger partial charge in [-0.3, -0.25) is 0 Å². The molecule has 0 saturated heterocycles. The number of amides is 1. The van der Waals surface area contributed by atoms with Gasteiger partial charge in [-0.1, -0.05) is 62.6 Å². The van der Waals surface area contributed by atoms with Gasteiger partial charge in [0.1, 0.15) is 5.69 Å². The molecule has 24 heavy (non-hydrogen) atoms. The van der Waals surface area contributed by atoms with Crippen LogP contribution in [0.5, 0.6) is 0 Å². The molecule has 3 heteroatoms. The van der Waals surface area contributed by atoms with Crippen LogP contribution in [0.25, 0.3) is 0 Å². The second kappa shape index (κ2) is 10.4. The first-order valence-electron chi connectivity index (χ1n) is 8.69. The first-order chi connectivity index (χ1) is 11.2. The molecule has 130 valence electrons. The lowest BCUT2D eigenvalue weighted by molar-refractivity contribution is -0.0000133. The number of para-hydroxylation sites is 1. The molecule has 1 unspecified atom stereocenters. The van der Waals surface area contributed by atoms with Gasteiger partial charge in [-0.25, -0.2) is 9.28 Å². The van der Waals surface area contributed by atoms with E-state index in [1.165, 1.54) is 25.7 Å². The summed E-state index contributed by atoms with van der Waals surface area (Å²) in [5, 5.41) is 0. The van der Waals surface area contributed by atoms with E-state index in [2.05, 4.69) is 19.1 Å². The number of rotatable bonds is 8. The van der Waals surface area contributed by atoms with E-state index in [9.17, 15) is 4.79 Å². The number of halogens is 1. The maximum atomic E-state index is 13.2. The number of hydrogen-bond donors (Lipinski definition) is 0. The lowest BCUT2D eigenvalue weighted by Gasteiger charge is -2.31. The number of hydrogen-bond acceptors (Lipinski definition) is 1. The molecule has 0 aliphatic rings. The summed E-state index contributed by atoms with van der Waals surface area (Å²) in [4.78, 5) is 13.2. The molecule has 1 amide bonds. The van der Waals surface area contributed by atoms with Crippen molar-refractivity contribution in [3.05, 3.63) is 66.2 Å². The Balaban J connectivity index is 0.00000288. The average Bonchev–Trinajstić information content (AvgIpc) is 2.62. The molecule has 0 N–H and O–H groups in total. The van der Waals surface area contributed by atoms with Gasteiger partial charge in [-0.2, -0.15) is 0 Å². The second-order valence-corrected chi connectivity index (χ2v) is 6.34. The highest BCUT2D eigenvalue weighted by Crippen LogP contribution is 2.25. The molecule has 0 aromatic heterocycles. The molecule has 0 aliphatic carbocycles. The fourth-order valence-electron chi connectivity index (χ4n) is 3.00. The van der Waals surface area contributed by atoms with Gasteiger partial charge in [0.25, 0.3) is 0 Å². The Kier molecular flexibility index (Phi) is 8.94. The summed E-state index contributed by atoms with van der Waals surface area (Å²) >= 11 is 0. The minimum atomic E-state index is 0. The van der Waals surface area contributed by atoms with Gasteiger partial charge >= 0.3 is 5.91 Å². The maximum Gasteiger partial charge on any atom is 0.350 e. The van der Waals surface area contributed by atoms with Crippen molar-refractivity contribution in [3.8, 4) is 0 Å². The van der Waals surface area contributed by atoms with Crippen molar-refractivity contribution in [1.29, 1.82) is 0 Å². The molecule has 0 spiro atoms. The molecule has 0 radical (unpaired) electrons. The van der Waals surface area contributed by atoms with E-state index < -0.39 is 0 Å². The van der Waals surface area contributed by atoms with Crippen LogP contribution in [-0.2, 0) is 0 Å². The Morgan fingerprint density at radius 2 is 1.38 bits per heavy atom. The Labute approximate surface area is 156 Å². The zero-order valence-corrected chi connectivity index (χ0v) is 16.3. The van der Waals surface area contributed by atoms with Gasteiger partial charge in [-0.15, -0.1) is 0 Å². The van der Waals surface area contributed by atoms with Gasteiger partial charge in [0.2, 0.25) is 0 Å². The number of carbonyl (C=O) groups excluding carboxylic acids is 1. The number of benzene rings is 2. The molecule has 1 atom stereocenters. The Morgan fingerprint density at radius 1 is 0.833 bits per heavy atom. The van der Waals surface area contributed by atoms with Crippen molar-refractivity contribution >= 4 is 11.6 Å². The third-order valence-corrected chi connectivity index (χ3v) is 4.50. The zero-order chi connectivity index (χ0) is 16.5. The largest absolute Gasteiger partial charge is 1.00 e. The molecule has 2 aromatic carbocycles. The van der Waals surface area contributed by atoms with Crippen LogP contribution in [0.15, 0.2) is 60.7 Å². The summed E-state index contributed by atoms with van der Waals surface area (Å²) in [6, 6.07) is 19.8. The first kappa shape index (κ1) is 20.6. The molecule has 2 rings (SSSR count). The fraction of sp³-hybridized carbons (Fsp3) is 0.381. The number of unbranched alkanes of at least 4 members (excludes halogenated alkanes) is 4. The number of nitrogens with zero attached hydrogens (tertiary/aromatic N) is 1. The molecule has 2 aromatic rings. The highest BCUT2D eigenvalue weighted by Gasteiger charge is 2.34. The Hall–Kier alpha value is -1.45.